The largest absolute Gasteiger partial charge is 0.772 e. The molecular formula is C15H16Cl2N3O3S-. The van der Waals surface area contributed by atoms with Gasteiger partial charge in [-0.1, -0.05) is 46.9 Å². The molecule has 1 amide bonds. The molecule has 0 spiro atoms. The molecule has 0 aliphatic carbocycles. The first-order chi connectivity index (χ1) is 10.8. The molecule has 1 heterocycles. The van der Waals surface area contributed by atoms with Gasteiger partial charge in [0.2, 0.25) is 0 Å². The summed E-state index contributed by atoms with van der Waals surface area (Å²) in [6.07, 6.45) is 1.54. The summed E-state index contributed by atoms with van der Waals surface area (Å²) >= 11 is 3.83. The second-order valence-corrected chi connectivity index (χ2v) is 6.39. The van der Waals surface area contributed by atoms with Crippen molar-refractivity contribution in [2.45, 2.75) is 18.7 Å². The van der Waals surface area contributed by atoms with Crippen molar-refractivity contribution < 1.29 is 13.6 Å². The van der Waals surface area contributed by atoms with Crippen molar-refractivity contribution in [2.75, 3.05) is 0 Å². The second-order valence-electron chi connectivity index (χ2n) is 5.06. The Hall–Kier alpha value is -1.67. The van der Waals surface area contributed by atoms with Gasteiger partial charge in [-0.05, 0) is 24.1 Å². The zero-order chi connectivity index (χ0) is 17.1. The number of halogens is 2. The van der Waals surface area contributed by atoms with Crippen LogP contribution in [-0.2, 0) is 16.8 Å². The number of carbonyl (C=O) groups is 1. The normalized spacial score (nSPS) is 13.0. The van der Waals surface area contributed by atoms with Crippen molar-refractivity contribution in [1.29, 1.82) is 5.41 Å². The zero-order valence-corrected chi connectivity index (χ0v) is 15.1. The molecule has 1 aromatic carbocycles. The molecule has 24 heavy (non-hydrogen) atoms. The molecule has 2 unspecified atom stereocenters. The molecule has 0 bridgehead atoms. The van der Waals surface area contributed by atoms with Crippen molar-refractivity contribution >= 4 is 41.0 Å². The number of aromatic nitrogens is 1. The lowest BCUT2D eigenvalue weighted by Crippen LogP contribution is -2.31. The van der Waals surface area contributed by atoms with Crippen LogP contribution in [0.15, 0.2) is 36.5 Å². The summed E-state index contributed by atoms with van der Waals surface area (Å²) in [5.41, 5.74) is 6.69. The molecule has 1 aromatic heterocycles. The summed E-state index contributed by atoms with van der Waals surface area (Å²) < 4.78 is 23.2. The Kier molecular flexibility index (Phi) is 7.16. The molecule has 0 aliphatic heterocycles. The second kappa shape index (κ2) is 8.43. The Balaban J connectivity index is 0.00000288. The van der Waals surface area contributed by atoms with Crippen molar-refractivity contribution in [2.24, 2.45) is 5.73 Å². The monoisotopic (exact) mass is 388 g/mol. The van der Waals surface area contributed by atoms with Gasteiger partial charge in [0.05, 0.1) is 16.6 Å². The third-order valence-electron chi connectivity index (χ3n) is 3.46. The first-order valence-corrected chi connectivity index (χ1v) is 8.32. The van der Waals surface area contributed by atoms with Crippen LogP contribution in [0.4, 0.5) is 0 Å². The molecular weight excluding hydrogens is 373 g/mol. The van der Waals surface area contributed by atoms with Crippen LogP contribution < -0.4 is 11.2 Å². The average Bonchev–Trinajstić information content (AvgIpc) is 2.48. The highest BCUT2D eigenvalue weighted by Gasteiger charge is 2.14. The number of hydrogen-bond acceptors (Lipinski definition) is 4. The van der Waals surface area contributed by atoms with E-state index in [0.717, 1.165) is 5.56 Å². The molecule has 0 aliphatic rings. The number of benzene rings is 1. The van der Waals surface area contributed by atoms with Crippen molar-refractivity contribution in [1.82, 2.24) is 4.57 Å². The van der Waals surface area contributed by atoms with Gasteiger partial charge < -0.3 is 14.9 Å². The molecule has 0 saturated heterocycles. The Morgan fingerprint density at radius 3 is 2.71 bits per heavy atom. The lowest BCUT2D eigenvalue weighted by Gasteiger charge is -2.19. The van der Waals surface area contributed by atoms with Gasteiger partial charge in [-0.15, -0.1) is 12.4 Å². The van der Waals surface area contributed by atoms with Gasteiger partial charge in [0.1, 0.15) is 5.49 Å². The maximum absolute atomic E-state index is 11.4. The van der Waals surface area contributed by atoms with E-state index >= 15 is 0 Å². The number of rotatable bonds is 5. The highest BCUT2D eigenvalue weighted by molar-refractivity contribution is 7.78. The van der Waals surface area contributed by atoms with Crippen molar-refractivity contribution in [3.05, 3.63) is 63.7 Å². The first-order valence-electron chi connectivity index (χ1n) is 6.70. The summed E-state index contributed by atoms with van der Waals surface area (Å²) in [5, 5.41) is 8.42. The van der Waals surface area contributed by atoms with Gasteiger partial charge >= 0.3 is 0 Å². The SMILES string of the molecule is CC(c1cccc(CS(=O)[O-])c1)n1cc(Cl)cc(C(N)=O)c1=N.Cl. The smallest absolute Gasteiger partial charge is 0.252 e. The van der Waals surface area contributed by atoms with E-state index in [-0.39, 0.29) is 35.3 Å². The van der Waals surface area contributed by atoms with E-state index in [0.29, 0.717) is 10.6 Å². The van der Waals surface area contributed by atoms with E-state index in [1.165, 1.54) is 10.6 Å². The number of nitrogens with two attached hydrogens (primary N) is 1. The Morgan fingerprint density at radius 1 is 1.46 bits per heavy atom. The van der Waals surface area contributed by atoms with E-state index in [1.807, 2.05) is 13.0 Å². The number of hydrogen-bond donors (Lipinski definition) is 2. The highest BCUT2D eigenvalue weighted by Crippen LogP contribution is 2.20. The van der Waals surface area contributed by atoms with Crippen molar-refractivity contribution in [3.8, 4) is 0 Å². The van der Waals surface area contributed by atoms with E-state index in [2.05, 4.69) is 0 Å². The van der Waals surface area contributed by atoms with Gasteiger partial charge in [0.25, 0.3) is 5.91 Å². The van der Waals surface area contributed by atoms with Crippen LogP contribution in [-0.4, -0.2) is 19.2 Å². The zero-order valence-electron chi connectivity index (χ0n) is 12.7. The first kappa shape index (κ1) is 20.4. The third-order valence-corrected chi connectivity index (χ3v) is 4.23. The number of carbonyl (C=O) groups excluding carboxylic acids is 1. The average molecular weight is 389 g/mol. The number of nitrogens with one attached hydrogen (secondary N) is 1. The molecule has 9 heteroatoms. The minimum Gasteiger partial charge on any atom is -0.772 e. The summed E-state index contributed by atoms with van der Waals surface area (Å²) in [7, 11) is 0. The topological polar surface area (TPSA) is 112 Å². The molecule has 2 atom stereocenters. The van der Waals surface area contributed by atoms with Crippen LogP contribution in [0.25, 0.3) is 0 Å². The fourth-order valence-corrected chi connectivity index (χ4v) is 2.98. The molecule has 0 saturated carbocycles. The predicted octanol–water partition coefficient (Wildman–Crippen LogP) is 2.13. The van der Waals surface area contributed by atoms with Gasteiger partial charge in [-0.2, -0.15) is 0 Å². The lowest BCUT2D eigenvalue weighted by molar-refractivity contribution is 0.0997. The standard InChI is InChI=1S/C15H16ClN3O3S.ClH/c1-9(11-4-2-3-10(5-11)8-23(21)22)19-7-12(16)6-13(14(19)17)15(18)20;/h2-7,9,17H,8H2,1H3,(H2,18,20)(H,21,22);1H/p-1. The summed E-state index contributed by atoms with van der Waals surface area (Å²) in [5.74, 6) is -0.810. The predicted molar refractivity (Wildman–Crippen MR) is 93.9 cm³/mol. The number of primary amides is 1. The van der Waals surface area contributed by atoms with Crippen LogP contribution in [0.3, 0.4) is 0 Å². The highest BCUT2D eigenvalue weighted by atomic mass is 35.5. The molecule has 6 nitrogen and oxygen atoms in total. The number of nitrogens with zero attached hydrogens (tertiary/aromatic N) is 1. The third kappa shape index (κ3) is 4.67. The maximum atomic E-state index is 11.4. The van der Waals surface area contributed by atoms with Crippen LogP contribution in [0.1, 0.15) is 34.5 Å². The minimum atomic E-state index is -2.18. The number of amides is 1. The van der Waals surface area contributed by atoms with Gasteiger partial charge in [0, 0.05) is 11.9 Å². The van der Waals surface area contributed by atoms with Crippen LogP contribution >= 0.6 is 24.0 Å². The maximum Gasteiger partial charge on any atom is 0.252 e. The molecule has 130 valence electrons. The Bertz CT molecular complexity index is 839. The molecule has 0 fully saturated rings. The van der Waals surface area contributed by atoms with Gasteiger partial charge in [-0.25, -0.2) is 0 Å². The van der Waals surface area contributed by atoms with Crippen LogP contribution in [0.5, 0.6) is 0 Å². The number of pyridine rings is 1. The fraction of sp³-hybridized carbons (Fsp3) is 0.200. The summed E-state index contributed by atoms with van der Waals surface area (Å²) in [6, 6.07) is 8.06. The molecule has 2 rings (SSSR count). The van der Waals surface area contributed by atoms with Crippen LogP contribution in [0, 0.1) is 5.41 Å². The van der Waals surface area contributed by atoms with E-state index in [4.69, 9.17) is 22.7 Å². The molecule has 3 N–H and O–H groups in total. The van der Waals surface area contributed by atoms with E-state index in [1.54, 1.807) is 24.4 Å². The van der Waals surface area contributed by atoms with Crippen LogP contribution in [0.2, 0.25) is 5.02 Å². The fourth-order valence-electron chi connectivity index (χ4n) is 2.31. The van der Waals surface area contributed by atoms with E-state index in [9.17, 15) is 13.6 Å². The Morgan fingerprint density at radius 2 is 2.12 bits per heavy atom. The Labute approximate surface area is 152 Å². The van der Waals surface area contributed by atoms with Gasteiger partial charge in [-0.3, -0.25) is 14.4 Å². The quantitative estimate of drug-likeness (QED) is 0.764. The summed E-state index contributed by atoms with van der Waals surface area (Å²) in [6.45, 7) is 1.83. The van der Waals surface area contributed by atoms with Gasteiger partial charge in [0.15, 0.2) is 0 Å². The lowest BCUT2D eigenvalue weighted by atomic mass is 10.1. The minimum absolute atomic E-state index is 0. The summed E-state index contributed by atoms with van der Waals surface area (Å²) in [4.78, 5) is 11.4. The molecule has 2 aromatic rings. The van der Waals surface area contributed by atoms with E-state index < -0.39 is 17.0 Å². The van der Waals surface area contributed by atoms with Crippen molar-refractivity contribution in [3.63, 3.8) is 0 Å². The molecule has 0 radical (unpaired) electrons.